The molecular weight excluding hydrogens is 348 g/mol. The van der Waals surface area contributed by atoms with E-state index < -0.39 is 0 Å². The first-order valence-corrected chi connectivity index (χ1v) is 8.26. The molecule has 8 nitrogen and oxygen atoms in total. The van der Waals surface area contributed by atoms with Gasteiger partial charge in [-0.25, -0.2) is 4.98 Å². The molecule has 0 saturated heterocycles. The van der Waals surface area contributed by atoms with Crippen LogP contribution in [0.15, 0.2) is 42.5 Å². The minimum Gasteiger partial charge on any atom is -0.508 e. The van der Waals surface area contributed by atoms with Crippen LogP contribution in [0.2, 0.25) is 0 Å². The van der Waals surface area contributed by atoms with Gasteiger partial charge in [0.05, 0.1) is 12.8 Å². The standard InChI is InChI=1S/C19H18N4O4/c1-25-14-6-12(5-13(24)7-14)15-8-18(23-19(20)22-15)21-9-11-2-3-16-17(4-11)27-10-26-16/h2-8,24H,9-10H2,1H3,(H3,20,21,22,23). The van der Waals surface area contributed by atoms with Gasteiger partial charge < -0.3 is 30.4 Å². The van der Waals surface area contributed by atoms with E-state index in [2.05, 4.69) is 15.3 Å². The molecule has 2 aromatic carbocycles. The lowest BCUT2D eigenvalue weighted by molar-refractivity contribution is 0.174. The zero-order valence-corrected chi connectivity index (χ0v) is 14.6. The predicted octanol–water partition coefficient (Wildman–Crippen LogP) is 2.78. The summed E-state index contributed by atoms with van der Waals surface area (Å²) in [7, 11) is 1.53. The van der Waals surface area contributed by atoms with Gasteiger partial charge in [-0.15, -0.1) is 0 Å². The van der Waals surface area contributed by atoms with Crippen molar-refractivity contribution in [3.8, 4) is 34.3 Å². The lowest BCUT2D eigenvalue weighted by atomic mass is 10.1. The summed E-state index contributed by atoms with van der Waals surface area (Å²) in [5.41, 5.74) is 8.11. The maximum atomic E-state index is 9.86. The number of nitrogens with one attached hydrogen (secondary N) is 1. The molecule has 138 valence electrons. The summed E-state index contributed by atoms with van der Waals surface area (Å²) in [4.78, 5) is 8.46. The van der Waals surface area contributed by atoms with Crippen LogP contribution in [0.3, 0.4) is 0 Å². The summed E-state index contributed by atoms with van der Waals surface area (Å²) >= 11 is 0. The summed E-state index contributed by atoms with van der Waals surface area (Å²) in [5, 5.41) is 13.1. The third-order valence-corrected chi connectivity index (χ3v) is 4.08. The number of ether oxygens (including phenoxy) is 3. The largest absolute Gasteiger partial charge is 0.508 e. The minimum absolute atomic E-state index is 0.0800. The number of hydrogen-bond donors (Lipinski definition) is 3. The van der Waals surface area contributed by atoms with Crippen molar-refractivity contribution in [2.75, 3.05) is 25.0 Å². The Kier molecular flexibility index (Phi) is 4.29. The summed E-state index contributed by atoms with van der Waals surface area (Å²) in [6.07, 6.45) is 0. The summed E-state index contributed by atoms with van der Waals surface area (Å²) in [5.74, 6) is 2.77. The molecule has 1 aromatic heterocycles. The van der Waals surface area contributed by atoms with Crippen LogP contribution in [0.25, 0.3) is 11.3 Å². The number of aromatic hydroxyl groups is 1. The molecule has 0 saturated carbocycles. The highest BCUT2D eigenvalue weighted by molar-refractivity contribution is 5.67. The molecule has 27 heavy (non-hydrogen) atoms. The fraction of sp³-hybridized carbons (Fsp3) is 0.158. The summed E-state index contributed by atoms with van der Waals surface area (Å²) < 4.78 is 15.9. The lowest BCUT2D eigenvalue weighted by Gasteiger charge is -2.10. The molecule has 0 fully saturated rings. The van der Waals surface area contributed by atoms with Crippen molar-refractivity contribution in [3.05, 3.63) is 48.0 Å². The van der Waals surface area contributed by atoms with Crippen LogP contribution in [0.1, 0.15) is 5.56 Å². The highest BCUT2D eigenvalue weighted by Gasteiger charge is 2.13. The van der Waals surface area contributed by atoms with Crippen LogP contribution in [-0.4, -0.2) is 29.0 Å². The van der Waals surface area contributed by atoms with E-state index in [-0.39, 0.29) is 18.5 Å². The molecule has 0 spiro atoms. The van der Waals surface area contributed by atoms with E-state index in [1.807, 2.05) is 18.2 Å². The molecule has 0 aliphatic carbocycles. The molecule has 1 aliphatic heterocycles. The molecule has 0 unspecified atom stereocenters. The Morgan fingerprint density at radius 3 is 2.81 bits per heavy atom. The van der Waals surface area contributed by atoms with Crippen LogP contribution >= 0.6 is 0 Å². The third kappa shape index (κ3) is 3.64. The number of nitrogens with two attached hydrogens (primary N) is 1. The number of nitrogens with zero attached hydrogens (tertiary/aromatic N) is 2. The molecule has 3 aromatic rings. The van der Waals surface area contributed by atoms with E-state index in [1.54, 1.807) is 18.2 Å². The number of hydrogen-bond acceptors (Lipinski definition) is 8. The van der Waals surface area contributed by atoms with Gasteiger partial charge in [0.15, 0.2) is 11.5 Å². The number of nitrogen functional groups attached to an aromatic ring is 1. The van der Waals surface area contributed by atoms with Gasteiger partial charge >= 0.3 is 0 Å². The van der Waals surface area contributed by atoms with Crippen LogP contribution in [0.5, 0.6) is 23.0 Å². The van der Waals surface area contributed by atoms with Crippen LogP contribution in [0.4, 0.5) is 11.8 Å². The van der Waals surface area contributed by atoms with Crippen molar-refractivity contribution in [1.29, 1.82) is 0 Å². The average Bonchev–Trinajstić information content (AvgIpc) is 3.13. The molecular formula is C19H18N4O4. The second-order valence-corrected chi connectivity index (χ2v) is 5.96. The van der Waals surface area contributed by atoms with Crippen molar-refractivity contribution in [2.24, 2.45) is 0 Å². The molecule has 4 N–H and O–H groups in total. The van der Waals surface area contributed by atoms with Crippen LogP contribution < -0.4 is 25.3 Å². The fourth-order valence-electron chi connectivity index (χ4n) is 2.80. The van der Waals surface area contributed by atoms with E-state index in [0.717, 1.165) is 17.1 Å². The maximum absolute atomic E-state index is 9.86. The number of phenolic OH excluding ortho intramolecular Hbond substituents is 1. The van der Waals surface area contributed by atoms with Crippen molar-refractivity contribution < 1.29 is 19.3 Å². The second kappa shape index (κ2) is 6.91. The van der Waals surface area contributed by atoms with Gasteiger partial charge in [0.25, 0.3) is 0 Å². The smallest absolute Gasteiger partial charge is 0.231 e. The van der Waals surface area contributed by atoms with Crippen molar-refractivity contribution >= 4 is 11.8 Å². The fourth-order valence-corrected chi connectivity index (χ4v) is 2.80. The van der Waals surface area contributed by atoms with Gasteiger partial charge in [-0.05, 0) is 29.8 Å². The molecule has 4 rings (SSSR count). The first-order valence-electron chi connectivity index (χ1n) is 8.26. The normalized spacial score (nSPS) is 12.0. The average molecular weight is 366 g/mol. The van der Waals surface area contributed by atoms with Gasteiger partial charge in [0.1, 0.15) is 17.3 Å². The zero-order chi connectivity index (χ0) is 18.8. The Bertz CT molecular complexity index is 993. The van der Waals surface area contributed by atoms with Gasteiger partial charge in [0.2, 0.25) is 12.7 Å². The molecule has 0 radical (unpaired) electrons. The molecule has 0 amide bonds. The molecule has 0 atom stereocenters. The molecule has 2 heterocycles. The van der Waals surface area contributed by atoms with Crippen molar-refractivity contribution in [1.82, 2.24) is 9.97 Å². The Hall–Kier alpha value is -3.68. The highest BCUT2D eigenvalue weighted by Crippen LogP contribution is 2.33. The van der Waals surface area contributed by atoms with E-state index in [0.29, 0.717) is 29.4 Å². The van der Waals surface area contributed by atoms with E-state index in [9.17, 15) is 5.11 Å². The second-order valence-electron chi connectivity index (χ2n) is 5.96. The number of phenols is 1. The van der Waals surface area contributed by atoms with E-state index in [1.165, 1.54) is 13.2 Å². The monoisotopic (exact) mass is 366 g/mol. The van der Waals surface area contributed by atoms with E-state index >= 15 is 0 Å². The number of rotatable bonds is 5. The topological polar surface area (TPSA) is 112 Å². The Balaban J connectivity index is 1.56. The lowest BCUT2D eigenvalue weighted by Crippen LogP contribution is -2.05. The van der Waals surface area contributed by atoms with Gasteiger partial charge in [-0.3, -0.25) is 0 Å². The molecule has 8 heteroatoms. The molecule has 1 aliphatic rings. The third-order valence-electron chi connectivity index (χ3n) is 4.08. The zero-order valence-electron chi connectivity index (χ0n) is 14.6. The Morgan fingerprint density at radius 1 is 1.11 bits per heavy atom. The number of aromatic nitrogens is 2. The van der Waals surface area contributed by atoms with Crippen LogP contribution in [0, 0.1) is 0 Å². The van der Waals surface area contributed by atoms with Crippen molar-refractivity contribution in [2.45, 2.75) is 6.54 Å². The van der Waals surface area contributed by atoms with Crippen molar-refractivity contribution in [3.63, 3.8) is 0 Å². The SMILES string of the molecule is COc1cc(O)cc(-c2cc(NCc3ccc4c(c3)OCO4)nc(N)n2)c1. The Labute approximate surface area is 155 Å². The molecule has 0 bridgehead atoms. The summed E-state index contributed by atoms with van der Waals surface area (Å²) in [6.45, 7) is 0.765. The van der Waals surface area contributed by atoms with Crippen LogP contribution in [-0.2, 0) is 6.54 Å². The quantitative estimate of drug-likeness (QED) is 0.632. The van der Waals surface area contributed by atoms with Gasteiger partial charge in [-0.1, -0.05) is 6.07 Å². The van der Waals surface area contributed by atoms with E-state index in [4.69, 9.17) is 19.9 Å². The minimum atomic E-state index is 0.0800. The number of anilines is 2. The predicted molar refractivity (Wildman–Crippen MR) is 100.0 cm³/mol. The summed E-state index contributed by atoms with van der Waals surface area (Å²) in [6, 6.07) is 12.4. The number of fused-ring (bicyclic) bond motifs is 1. The number of benzene rings is 2. The first kappa shape index (κ1) is 16.8. The number of methoxy groups -OCH3 is 1. The van der Waals surface area contributed by atoms with Gasteiger partial charge in [-0.2, -0.15) is 4.98 Å². The maximum Gasteiger partial charge on any atom is 0.231 e. The highest BCUT2D eigenvalue weighted by atomic mass is 16.7. The first-order chi connectivity index (χ1) is 13.1. The Morgan fingerprint density at radius 2 is 1.96 bits per heavy atom. The van der Waals surface area contributed by atoms with Gasteiger partial charge in [0, 0.05) is 24.2 Å².